The van der Waals surface area contributed by atoms with E-state index in [9.17, 15) is 8.42 Å². The zero-order chi connectivity index (χ0) is 12.2. The fourth-order valence-corrected chi connectivity index (χ4v) is 2.16. The van der Waals surface area contributed by atoms with Gasteiger partial charge in [-0.2, -0.15) is 0 Å². The predicted molar refractivity (Wildman–Crippen MR) is 63.4 cm³/mol. The van der Waals surface area contributed by atoms with Crippen molar-refractivity contribution in [1.82, 2.24) is 10.4 Å². The van der Waals surface area contributed by atoms with Crippen LogP contribution in [0.3, 0.4) is 0 Å². The molecule has 6 heteroatoms. The number of hydrogen-bond donors (Lipinski definition) is 2. The van der Waals surface area contributed by atoms with Gasteiger partial charge in [-0.15, -0.1) is 0 Å². The third kappa shape index (κ3) is 3.88. The topological polar surface area (TPSA) is 85.1 Å². The zero-order valence-electron chi connectivity index (χ0n) is 9.47. The van der Waals surface area contributed by atoms with Crippen molar-refractivity contribution in [3.63, 3.8) is 0 Å². The molecule has 0 amide bonds. The maximum atomic E-state index is 11.1. The Morgan fingerprint density at radius 1 is 1.56 bits per heavy atom. The molecule has 90 valence electrons. The molecule has 1 heterocycles. The van der Waals surface area contributed by atoms with Crippen molar-refractivity contribution in [2.24, 2.45) is 5.84 Å². The minimum absolute atomic E-state index is 0.0951. The fraction of sp³-hybridized carbons (Fsp3) is 0.500. The lowest BCUT2D eigenvalue weighted by atomic mass is 10.1. The van der Waals surface area contributed by atoms with Gasteiger partial charge in [0.05, 0.1) is 17.5 Å². The molecule has 16 heavy (non-hydrogen) atoms. The lowest BCUT2D eigenvalue weighted by Gasteiger charge is -2.16. The number of nitrogens with zero attached hydrogens (tertiary/aromatic N) is 1. The van der Waals surface area contributed by atoms with Gasteiger partial charge in [0.25, 0.3) is 0 Å². The quantitative estimate of drug-likeness (QED) is 0.575. The monoisotopic (exact) mass is 243 g/mol. The van der Waals surface area contributed by atoms with Gasteiger partial charge in [0.2, 0.25) is 0 Å². The maximum absolute atomic E-state index is 11.1. The average molecular weight is 243 g/mol. The molecule has 0 bridgehead atoms. The second-order valence-corrected chi connectivity index (χ2v) is 6.10. The summed E-state index contributed by atoms with van der Waals surface area (Å²) in [5.41, 5.74) is 4.40. The van der Waals surface area contributed by atoms with Crippen LogP contribution in [0.1, 0.15) is 23.7 Å². The van der Waals surface area contributed by atoms with E-state index in [1.54, 1.807) is 6.20 Å². The van der Waals surface area contributed by atoms with E-state index in [-0.39, 0.29) is 11.8 Å². The van der Waals surface area contributed by atoms with Gasteiger partial charge in [0, 0.05) is 12.5 Å². The van der Waals surface area contributed by atoms with Gasteiger partial charge >= 0.3 is 0 Å². The van der Waals surface area contributed by atoms with E-state index in [0.29, 0.717) is 6.42 Å². The first kappa shape index (κ1) is 13.1. The van der Waals surface area contributed by atoms with Gasteiger partial charge in [0.15, 0.2) is 0 Å². The summed E-state index contributed by atoms with van der Waals surface area (Å²) in [4.78, 5) is 4.21. The minimum Gasteiger partial charge on any atom is -0.271 e. The summed E-state index contributed by atoms with van der Waals surface area (Å²) in [6, 6.07) is 3.53. The highest BCUT2D eigenvalue weighted by Gasteiger charge is 2.15. The third-order valence-corrected chi connectivity index (χ3v) is 3.34. The van der Waals surface area contributed by atoms with Crippen LogP contribution in [-0.4, -0.2) is 25.4 Å². The van der Waals surface area contributed by atoms with Gasteiger partial charge in [-0.3, -0.25) is 16.3 Å². The number of hydrazine groups is 1. The zero-order valence-corrected chi connectivity index (χ0v) is 10.3. The summed E-state index contributed by atoms with van der Waals surface area (Å²) >= 11 is 0. The van der Waals surface area contributed by atoms with Crippen LogP contribution in [-0.2, 0) is 9.84 Å². The Bertz CT molecular complexity index is 445. The van der Waals surface area contributed by atoms with E-state index in [0.717, 1.165) is 11.3 Å². The Morgan fingerprint density at radius 2 is 2.25 bits per heavy atom. The molecule has 0 aromatic carbocycles. The summed E-state index contributed by atoms with van der Waals surface area (Å²) < 4.78 is 22.2. The molecule has 0 saturated heterocycles. The van der Waals surface area contributed by atoms with E-state index in [4.69, 9.17) is 5.84 Å². The van der Waals surface area contributed by atoms with Crippen LogP contribution < -0.4 is 11.3 Å². The number of hydrogen-bond acceptors (Lipinski definition) is 5. The normalized spacial score (nSPS) is 13.7. The van der Waals surface area contributed by atoms with Gasteiger partial charge in [-0.1, -0.05) is 6.07 Å². The lowest BCUT2D eigenvalue weighted by Crippen LogP contribution is -2.30. The second kappa shape index (κ2) is 5.38. The molecule has 5 nitrogen and oxygen atoms in total. The molecule has 1 aromatic rings. The van der Waals surface area contributed by atoms with Crippen LogP contribution in [0, 0.1) is 6.92 Å². The van der Waals surface area contributed by atoms with Crippen molar-refractivity contribution >= 4 is 9.84 Å². The van der Waals surface area contributed by atoms with Gasteiger partial charge in [-0.05, 0) is 25.0 Å². The smallest absolute Gasteiger partial charge is 0.147 e. The van der Waals surface area contributed by atoms with Gasteiger partial charge < -0.3 is 0 Å². The number of pyridine rings is 1. The molecular weight excluding hydrogens is 226 g/mol. The first-order valence-electron chi connectivity index (χ1n) is 4.99. The number of nitrogens with two attached hydrogens (primary N) is 1. The van der Waals surface area contributed by atoms with Crippen LogP contribution in [0.15, 0.2) is 18.3 Å². The van der Waals surface area contributed by atoms with Crippen molar-refractivity contribution < 1.29 is 8.42 Å². The van der Waals surface area contributed by atoms with Crippen LogP contribution in [0.4, 0.5) is 0 Å². The van der Waals surface area contributed by atoms with Crippen LogP contribution in [0.2, 0.25) is 0 Å². The first-order chi connectivity index (χ1) is 7.44. The summed E-state index contributed by atoms with van der Waals surface area (Å²) in [6.07, 6.45) is 3.31. The molecule has 0 aliphatic carbocycles. The first-order valence-corrected chi connectivity index (χ1v) is 7.05. The molecular formula is C10H17N3O2S. The summed E-state index contributed by atoms with van der Waals surface area (Å²) in [5.74, 6) is 5.51. The largest absolute Gasteiger partial charge is 0.271 e. The highest BCUT2D eigenvalue weighted by atomic mass is 32.2. The average Bonchev–Trinajstić information content (AvgIpc) is 2.20. The Kier molecular flexibility index (Phi) is 4.40. The van der Waals surface area contributed by atoms with Crippen molar-refractivity contribution in [3.05, 3.63) is 29.6 Å². The Hall–Kier alpha value is -0.980. The van der Waals surface area contributed by atoms with Crippen LogP contribution >= 0.6 is 0 Å². The van der Waals surface area contributed by atoms with Crippen molar-refractivity contribution in [2.75, 3.05) is 12.0 Å². The predicted octanol–water partition coefficient (Wildman–Crippen LogP) is 0.329. The van der Waals surface area contributed by atoms with Crippen LogP contribution in [0.5, 0.6) is 0 Å². The second-order valence-electron chi connectivity index (χ2n) is 3.84. The van der Waals surface area contributed by atoms with E-state index in [1.807, 2.05) is 19.1 Å². The highest BCUT2D eigenvalue weighted by molar-refractivity contribution is 7.90. The molecule has 0 radical (unpaired) electrons. The van der Waals surface area contributed by atoms with Gasteiger partial charge in [-0.25, -0.2) is 8.42 Å². The van der Waals surface area contributed by atoms with Crippen molar-refractivity contribution in [1.29, 1.82) is 0 Å². The van der Waals surface area contributed by atoms with E-state index in [2.05, 4.69) is 10.4 Å². The summed E-state index contributed by atoms with van der Waals surface area (Å²) in [6.45, 7) is 1.92. The molecule has 0 saturated carbocycles. The van der Waals surface area contributed by atoms with Crippen molar-refractivity contribution in [3.8, 4) is 0 Å². The summed E-state index contributed by atoms with van der Waals surface area (Å²) in [5, 5.41) is 0. The maximum Gasteiger partial charge on any atom is 0.147 e. The lowest BCUT2D eigenvalue weighted by molar-refractivity contribution is 0.517. The molecule has 1 unspecified atom stereocenters. The molecule has 1 atom stereocenters. The molecule has 0 spiro atoms. The number of sulfone groups is 1. The summed E-state index contributed by atoms with van der Waals surface area (Å²) in [7, 11) is -2.97. The Labute approximate surface area is 96.0 Å². The molecule has 1 aromatic heterocycles. The SMILES string of the molecule is Cc1cccnc1C(CCS(C)(=O)=O)NN. The van der Waals surface area contributed by atoms with Crippen LogP contribution in [0.25, 0.3) is 0 Å². The molecule has 0 fully saturated rings. The number of nitrogens with one attached hydrogen (secondary N) is 1. The van der Waals surface area contributed by atoms with E-state index < -0.39 is 9.84 Å². The number of rotatable bonds is 5. The van der Waals surface area contributed by atoms with Crippen molar-refractivity contribution in [2.45, 2.75) is 19.4 Å². The minimum atomic E-state index is -2.97. The molecule has 1 rings (SSSR count). The molecule has 0 aliphatic heterocycles. The third-order valence-electron chi connectivity index (χ3n) is 2.36. The molecule has 0 aliphatic rings. The number of aryl methyl sites for hydroxylation is 1. The Balaban J connectivity index is 2.79. The number of aromatic nitrogens is 1. The Morgan fingerprint density at radius 3 is 2.75 bits per heavy atom. The van der Waals surface area contributed by atoms with E-state index >= 15 is 0 Å². The fourth-order valence-electron chi connectivity index (χ4n) is 1.49. The standard InChI is InChI=1S/C10H17N3O2S/c1-8-4-3-6-12-10(8)9(13-11)5-7-16(2,14)15/h3-4,6,9,13H,5,7,11H2,1-2H3. The van der Waals surface area contributed by atoms with Gasteiger partial charge in [0.1, 0.15) is 9.84 Å². The molecule has 3 N–H and O–H groups in total. The van der Waals surface area contributed by atoms with E-state index in [1.165, 1.54) is 6.26 Å². The highest BCUT2D eigenvalue weighted by Crippen LogP contribution is 2.17.